The van der Waals surface area contributed by atoms with Crippen LogP contribution >= 0.6 is 0 Å². The number of allylic oxidation sites excluding steroid dienone is 2. The third kappa shape index (κ3) is 8.16. The number of aliphatic hydroxyl groups is 13. The van der Waals surface area contributed by atoms with Gasteiger partial charge in [-0.2, -0.15) is 0 Å². The van der Waals surface area contributed by atoms with Crippen LogP contribution in [0, 0.1) is 50.2 Å². The standard InChI is InChI=1S/C48H78O20/c1-43(2)11-13-48(42(62)68-41-37(61)34(58)31(55)26(66-41)19-63-39-35(59)32(56)29(53)24(17-49)64-39)14-12-46(5)21(22(48)15-43)7-8-28-44(3)16-23(52)38(45(4,20-51)27(44)9-10-47(28,46)6)67-40-36(60)33(57)30(54)25(18-50)65-40/h7,22-41,49-61H,8-20H2,1-6H3/t22-,23+,24+,25+,26+,27-,28-,29+,30+,31+,32-,33-,34-,35+,36+,37+,38-,39+,40-,41-,44-,45-,46+,47+,48-/m0/s1. The van der Waals surface area contributed by atoms with E-state index in [1.54, 1.807) is 0 Å². The molecule has 0 radical (unpaired) electrons. The van der Waals surface area contributed by atoms with Crippen LogP contribution in [0.5, 0.6) is 0 Å². The van der Waals surface area contributed by atoms with E-state index in [1.165, 1.54) is 0 Å². The molecule has 0 unspecified atom stereocenters. The summed E-state index contributed by atoms with van der Waals surface area (Å²) in [5, 5.41) is 139. The molecule has 7 fully saturated rings. The summed E-state index contributed by atoms with van der Waals surface area (Å²) >= 11 is 0. The van der Waals surface area contributed by atoms with Gasteiger partial charge in [0.2, 0.25) is 6.29 Å². The number of carbonyl (C=O) groups excluding carboxylic acids is 1. The Bertz CT molecular complexity index is 1850. The smallest absolute Gasteiger partial charge is 0.315 e. The topological polar surface area (TPSA) is 335 Å². The Morgan fingerprint density at radius 2 is 1.18 bits per heavy atom. The van der Waals surface area contributed by atoms with Crippen LogP contribution in [0.3, 0.4) is 0 Å². The Labute approximate surface area is 396 Å². The third-order valence-electron chi connectivity index (χ3n) is 19.4. The van der Waals surface area contributed by atoms with Gasteiger partial charge in [-0.15, -0.1) is 0 Å². The number of aliphatic hydroxyl groups excluding tert-OH is 13. The molecule has 5 aliphatic carbocycles. The van der Waals surface area contributed by atoms with Gasteiger partial charge in [-0.05, 0) is 97.2 Å². The van der Waals surface area contributed by atoms with Crippen molar-refractivity contribution in [3.05, 3.63) is 11.6 Å². The maximum atomic E-state index is 15.0. The van der Waals surface area contributed by atoms with E-state index in [4.69, 9.17) is 28.4 Å². The lowest BCUT2D eigenvalue weighted by Gasteiger charge is -2.72. The first-order chi connectivity index (χ1) is 31.8. The van der Waals surface area contributed by atoms with Crippen LogP contribution in [0.2, 0.25) is 0 Å². The van der Waals surface area contributed by atoms with Gasteiger partial charge in [-0.1, -0.05) is 53.2 Å². The first-order valence-corrected chi connectivity index (χ1v) is 24.6. The van der Waals surface area contributed by atoms with Crippen LogP contribution in [0.1, 0.15) is 99.3 Å². The predicted molar refractivity (Wildman–Crippen MR) is 233 cm³/mol. The van der Waals surface area contributed by atoms with Crippen molar-refractivity contribution >= 4 is 5.97 Å². The first kappa shape index (κ1) is 52.8. The molecule has 20 heteroatoms. The molecule has 8 aliphatic rings. The van der Waals surface area contributed by atoms with Crippen LogP contribution in [-0.4, -0.2) is 203 Å². The predicted octanol–water partition coefficient (Wildman–Crippen LogP) is -1.92. The van der Waals surface area contributed by atoms with E-state index in [1.807, 2.05) is 6.92 Å². The molecule has 3 heterocycles. The van der Waals surface area contributed by atoms with Crippen molar-refractivity contribution in [3.8, 4) is 0 Å². The summed E-state index contributed by atoms with van der Waals surface area (Å²) in [6.07, 6.45) is -18.9. The second kappa shape index (κ2) is 18.8. The molecule has 3 saturated heterocycles. The molecule has 8 rings (SSSR count). The highest BCUT2D eigenvalue weighted by Crippen LogP contribution is 2.76. The van der Waals surface area contributed by atoms with Crippen molar-refractivity contribution in [3.63, 3.8) is 0 Å². The number of hydrogen-bond donors (Lipinski definition) is 13. The van der Waals surface area contributed by atoms with Crippen LogP contribution in [0.4, 0.5) is 0 Å². The van der Waals surface area contributed by atoms with Crippen LogP contribution in [0.15, 0.2) is 11.6 Å². The number of fused-ring (bicyclic) bond motifs is 7. The summed E-state index contributed by atoms with van der Waals surface area (Å²) in [5.74, 6) is -1.06. The molecule has 0 aromatic heterocycles. The number of rotatable bonds is 10. The van der Waals surface area contributed by atoms with E-state index in [-0.39, 0.29) is 35.2 Å². The van der Waals surface area contributed by atoms with Crippen LogP contribution < -0.4 is 0 Å². The Kier molecular flexibility index (Phi) is 14.6. The van der Waals surface area contributed by atoms with Crippen LogP contribution in [-0.2, 0) is 33.2 Å². The van der Waals surface area contributed by atoms with Crippen molar-refractivity contribution in [2.45, 2.75) is 204 Å². The number of carbonyl (C=O) groups is 1. The largest absolute Gasteiger partial charge is 0.432 e. The Morgan fingerprint density at radius 1 is 0.632 bits per heavy atom. The maximum Gasteiger partial charge on any atom is 0.315 e. The third-order valence-corrected chi connectivity index (χ3v) is 19.4. The van der Waals surface area contributed by atoms with Gasteiger partial charge in [0.1, 0.15) is 73.2 Å². The lowest BCUT2D eigenvalue weighted by atomic mass is 9.33. The molecule has 0 bridgehead atoms. The van der Waals surface area contributed by atoms with Gasteiger partial charge < -0.3 is 94.8 Å². The molecule has 20 nitrogen and oxygen atoms in total. The number of esters is 1. The second-order valence-electron chi connectivity index (χ2n) is 23.5. The molecule has 0 aromatic carbocycles. The fourth-order valence-corrected chi connectivity index (χ4v) is 15.1. The lowest BCUT2D eigenvalue weighted by Crippen LogP contribution is -2.69. The van der Waals surface area contributed by atoms with Crippen molar-refractivity contribution in [1.29, 1.82) is 0 Å². The monoisotopic (exact) mass is 975 g/mol. The van der Waals surface area contributed by atoms with Crippen molar-refractivity contribution < 1.29 is 99.6 Å². The van der Waals surface area contributed by atoms with Gasteiger partial charge in [0.15, 0.2) is 12.6 Å². The summed E-state index contributed by atoms with van der Waals surface area (Å²) in [5.41, 5.74) is -2.39. The first-order valence-electron chi connectivity index (χ1n) is 24.6. The Balaban J connectivity index is 1.03. The van der Waals surface area contributed by atoms with Gasteiger partial charge in [0.05, 0.1) is 44.1 Å². The van der Waals surface area contributed by atoms with Crippen molar-refractivity contribution in [1.82, 2.24) is 0 Å². The summed E-state index contributed by atoms with van der Waals surface area (Å²) in [4.78, 5) is 15.0. The second-order valence-corrected chi connectivity index (χ2v) is 23.5. The zero-order chi connectivity index (χ0) is 49.8. The normalized spacial score (nSPS) is 54.6. The van der Waals surface area contributed by atoms with Gasteiger partial charge in [-0.3, -0.25) is 4.79 Å². The average molecular weight is 975 g/mol. The zero-order valence-corrected chi connectivity index (χ0v) is 40.0. The lowest BCUT2D eigenvalue weighted by molar-refractivity contribution is -0.345. The van der Waals surface area contributed by atoms with Gasteiger partial charge in [0, 0.05) is 5.41 Å². The molecule has 390 valence electrons. The Hall–Kier alpha value is -1.51. The zero-order valence-electron chi connectivity index (χ0n) is 40.0. The summed E-state index contributed by atoms with van der Waals surface area (Å²) in [6.45, 7) is 10.7. The minimum Gasteiger partial charge on any atom is -0.432 e. The molecule has 0 amide bonds. The van der Waals surface area contributed by atoms with Gasteiger partial charge >= 0.3 is 5.97 Å². The molecule has 4 saturated carbocycles. The van der Waals surface area contributed by atoms with Gasteiger partial charge in [0.25, 0.3) is 0 Å². The molecule has 13 N–H and O–H groups in total. The summed E-state index contributed by atoms with van der Waals surface area (Å²) in [6, 6.07) is 0. The minimum absolute atomic E-state index is 0.00752. The highest BCUT2D eigenvalue weighted by Gasteiger charge is 2.71. The highest BCUT2D eigenvalue weighted by molar-refractivity contribution is 5.79. The van der Waals surface area contributed by atoms with E-state index in [9.17, 15) is 71.2 Å². The molecule has 0 aromatic rings. The summed E-state index contributed by atoms with van der Waals surface area (Å²) < 4.78 is 35.0. The van der Waals surface area contributed by atoms with E-state index >= 15 is 0 Å². The van der Waals surface area contributed by atoms with E-state index in [0.717, 1.165) is 12.0 Å². The molecule has 68 heavy (non-hydrogen) atoms. The summed E-state index contributed by atoms with van der Waals surface area (Å²) in [7, 11) is 0. The fraction of sp³-hybridized carbons (Fsp3) is 0.938. The molecule has 0 spiro atoms. The quantitative estimate of drug-likeness (QED) is 0.0645. The number of ether oxygens (including phenoxy) is 6. The molecular formula is C48H78O20. The van der Waals surface area contributed by atoms with Crippen molar-refractivity contribution in [2.24, 2.45) is 50.2 Å². The SMILES string of the molecule is CC1(C)CC[C@]2(C(=O)O[C@@H]3O[C@H](CO[C@@H]4O[C@H](CO)[C@@H](O)[C@H](O)[C@H]4O)[C@@H](O)[C@H](O)[C@H]3O)CC[C@]3(C)C(=CC[C@H]4[C@@]5(C)C[C@@H](O)[C@H](O[C@@H]6O[C@H](CO)[C@@H](O)[C@H](O)[C@H]6O)[C@@](C)(CO)[C@H]5CC[C@]43C)[C@@H]2C1. The van der Waals surface area contributed by atoms with E-state index in [0.29, 0.717) is 51.4 Å². The maximum absolute atomic E-state index is 15.0. The van der Waals surface area contributed by atoms with E-state index in [2.05, 4.69) is 40.7 Å². The molecule has 3 aliphatic heterocycles. The molecule has 25 atom stereocenters. The fourth-order valence-electron chi connectivity index (χ4n) is 15.1. The van der Waals surface area contributed by atoms with Gasteiger partial charge in [-0.25, -0.2) is 0 Å². The van der Waals surface area contributed by atoms with Crippen molar-refractivity contribution in [2.75, 3.05) is 26.4 Å². The average Bonchev–Trinajstić information content (AvgIpc) is 3.29. The van der Waals surface area contributed by atoms with E-state index < -0.39 is 152 Å². The minimum atomic E-state index is -1.84. The Morgan fingerprint density at radius 3 is 1.78 bits per heavy atom. The molecular weight excluding hydrogens is 897 g/mol. The highest BCUT2D eigenvalue weighted by atomic mass is 16.7. The van der Waals surface area contributed by atoms with Crippen LogP contribution in [0.25, 0.3) is 0 Å². The number of hydrogen-bond acceptors (Lipinski definition) is 20.